The summed E-state index contributed by atoms with van der Waals surface area (Å²) in [5.74, 6) is 0.503. The smallest absolute Gasteiger partial charge is 0.256 e. The van der Waals surface area contributed by atoms with Crippen LogP contribution in [0.3, 0.4) is 0 Å². The summed E-state index contributed by atoms with van der Waals surface area (Å²) in [5, 5.41) is 7.23. The fourth-order valence-electron chi connectivity index (χ4n) is 1.99. The van der Waals surface area contributed by atoms with E-state index in [1.54, 1.807) is 16.4 Å². The summed E-state index contributed by atoms with van der Waals surface area (Å²) >= 11 is 1.59. The van der Waals surface area contributed by atoms with Crippen LogP contribution in [0.2, 0.25) is 0 Å². The van der Waals surface area contributed by atoms with Crippen LogP contribution in [0, 0.1) is 6.92 Å². The number of nitrogens with zero attached hydrogens (tertiary/aromatic N) is 2. The average molecular weight is 289 g/mol. The van der Waals surface area contributed by atoms with Crippen molar-refractivity contribution in [3.63, 3.8) is 0 Å². The molecular weight excluding hydrogens is 270 g/mol. The number of hydrogen-bond donors (Lipinski definition) is 1. The number of hydrogen-bond acceptors (Lipinski definition) is 3. The number of aryl methyl sites for hydroxylation is 2. The molecule has 1 heterocycles. The molecule has 0 radical (unpaired) electrons. The molecular formula is C15H19N3OS. The molecule has 2 aromatic rings. The van der Waals surface area contributed by atoms with Gasteiger partial charge in [-0.1, -0.05) is 19.1 Å². The Kier molecular flexibility index (Phi) is 4.49. The summed E-state index contributed by atoms with van der Waals surface area (Å²) in [4.78, 5) is 13.2. The zero-order valence-electron chi connectivity index (χ0n) is 12.2. The Bertz CT molecular complexity index is 617. The third-order valence-electron chi connectivity index (χ3n) is 3.34. The van der Waals surface area contributed by atoms with E-state index in [2.05, 4.69) is 17.3 Å². The summed E-state index contributed by atoms with van der Waals surface area (Å²) in [5.41, 5.74) is 2.92. The SMILES string of the molecule is CCc1ccc(C(=O)Nc2nn(C)c(C)c2SC)cc1. The van der Waals surface area contributed by atoms with E-state index in [0.29, 0.717) is 11.4 Å². The number of amides is 1. The predicted octanol–water partition coefficient (Wildman–Crippen LogP) is 3.27. The van der Waals surface area contributed by atoms with Crippen molar-refractivity contribution >= 4 is 23.5 Å². The van der Waals surface area contributed by atoms with Gasteiger partial charge >= 0.3 is 0 Å². The molecule has 0 bridgehead atoms. The lowest BCUT2D eigenvalue weighted by Gasteiger charge is -2.05. The second-order valence-corrected chi connectivity index (χ2v) is 5.41. The number of rotatable bonds is 4. The maximum Gasteiger partial charge on any atom is 0.256 e. The van der Waals surface area contributed by atoms with Gasteiger partial charge in [0, 0.05) is 12.6 Å². The van der Waals surface area contributed by atoms with Crippen molar-refractivity contribution in [2.24, 2.45) is 7.05 Å². The van der Waals surface area contributed by atoms with Gasteiger partial charge in [-0.15, -0.1) is 11.8 Å². The number of carbonyl (C=O) groups excluding carboxylic acids is 1. The molecule has 1 aromatic heterocycles. The van der Waals surface area contributed by atoms with Crippen LogP contribution in [0.1, 0.15) is 28.5 Å². The largest absolute Gasteiger partial charge is 0.304 e. The number of nitrogens with one attached hydrogen (secondary N) is 1. The van der Waals surface area contributed by atoms with E-state index in [-0.39, 0.29) is 5.91 Å². The topological polar surface area (TPSA) is 46.9 Å². The van der Waals surface area contributed by atoms with Gasteiger partial charge < -0.3 is 5.32 Å². The van der Waals surface area contributed by atoms with Crippen LogP contribution in [0.5, 0.6) is 0 Å². The Labute approximate surface area is 123 Å². The number of thioether (sulfide) groups is 1. The number of anilines is 1. The van der Waals surface area contributed by atoms with Crippen molar-refractivity contribution < 1.29 is 4.79 Å². The molecule has 0 unspecified atom stereocenters. The first-order valence-corrected chi connectivity index (χ1v) is 7.77. The minimum Gasteiger partial charge on any atom is -0.304 e. The van der Waals surface area contributed by atoms with Crippen LogP contribution in [-0.2, 0) is 13.5 Å². The van der Waals surface area contributed by atoms with Crippen LogP contribution in [0.15, 0.2) is 29.2 Å². The molecule has 106 valence electrons. The van der Waals surface area contributed by atoms with Crippen LogP contribution in [0.25, 0.3) is 0 Å². The first kappa shape index (κ1) is 14.7. The molecule has 0 aliphatic heterocycles. The zero-order valence-corrected chi connectivity index (χ0v) is 13.0. The van der Waals surface area contributed by atoms with Crippen molar-refractivity contribution in [3.8, 4) is 0 Å². The van der Waals surface area contributed by atoms with Crippen LogP contribution < -0.4 is 5.32 Å². The molecule has 0 spiro atoms. The van der Waals surface area contributed by atoms with Gasteiger partial charge in [0.1, 0.15) is 0 Å². The molecule has 0 saturated heterocycles. The van der Waals surface area contributed by atoms with Gasteiger partial charge in [-0.25, -0.2) is 0 Å². The molecule has 0 aliphatic rings. The molecule has 4 nitrogen and oxygen atoms in total. The van der Waals surface area contributed by atoms with Gasteiger partial charge in [0.05, 0.1) is 10.6 Å². The quantitative estimate of drug-likeness (QED) is 0.879. The lowest BCUT2D eigenvalue weighted by Crippen LogP contribution is -2.13. The van der Waals surface area contributed by atoms with Gasteiger partial charge in [-0.3, -0.25) is 9.48 Å². The van der Waals surface area contributed by atoms with E-state index in [1.807, 2.05) is 44.5 Å². The van der Waals surface area contributed by atoms with Gasteiger partial charge in [0.2, 0.25) is 0 Å². The maximum atomic E-state index is 12.2. The molecule has 0 atom stereocenters. The van der Waals surface area contributed by atoms with Crippen molar-refractivity contribution in [1.29, 1.82) is 0 Å². The number of benzene rings is 1. The molecule has 0 fully saturated rings. The standard InChI is InChI=1S/C15H19N3OS/c1-5-11-6-8-12(9-7-11)15(19)16-14-13(20-4)10(2)18(3)17-14/h6-9H,5H2,1-4H3,(H,16,17,19). The summed E-state index contributed by atoms with van der Waals surface area (Å²) in [6, 6.07) is 7.66. The Balaban J connectivity index is 2.20. The summed E-state index contributed by atoms with van der Waals surface area (Å²) in [7, 11) is 1.88. The maximum absolute atomic E-state index is 12.2. The van der Waals surface area contributed by atoms with Crippen LogP contribution in [0.4, 0.5) is 5.82 Å². The van der Waals surface area contributed by atoms with Crippen molar-refractivity contribution in [2.75, 3.05) is 11.6 Å². The van der Waals surface area contributed by atoms with Crippen LogP contribution >= 0.6 is 11.8 Å². The molecule has 5 heteroatoms. The van der Waals surface area contributed by atoms with Gasteiger partial charge in [0.15, 0.2) is 5.82 Å². The monoisotopic (exact) mass is 289 g/mol. The van der Waals surface area contributed by atoms with E-state index in [9.17, 15) is 4.79 Å². The molecule has 0 aliphatic carbocycles. The summed E-state index contributed by atoms with van der Waals surface area (Å²) < 4.78 is 1.78. The Hall–Kier alpha value is -1.75. The van der Waals surface area contributed by atoms with Gasteiger partial charge in [-0.05, 0) is 37.3 Å². The first-order chi connectivity index (χ1) is 9.56. The Morgan fingerprint density at radius 1 is 1.35 bits per heavy atom. The fraction of sp³-hybridized carbons (Fsp3) is 0.333. The highest BCUT2D eigenvalue weighted by atomic mass is 32.2. The predicted molar refractivity (Wildman–Crippen MR) is 83.5 cm³/mol. The van der Waals surface area contributed by atoms with E-state index in [4.69, 9.17) is 0 Å². The molecule has 1 amide bonds. The van der Waals surface area contributed by atoms with Crippen molar-refractivity contribution in [1.82, 2.24) is 9.78 Å². The first-order valence-electron chi connectivity index (χ1n) is 6.54. The van der Waals surface area contributed by atoms with Crippen LogP contribution in [-0.4, -0.2) is 21.9 Å². The third kappa shape index (κ3) is 2.88. The van der Waals surface area contributed by atoms with Gasteiger partial charge in [-0.2, -0.15) is 5.10 Å². The molecule has 20 heavy (non-hydrogen) atoms. The number of aromatic nitrogens is 2. The molecule has 1 N–H and O–H groups in total. The highest BCUT2D eigenvalue weighted by Crippen LogP contribution is 2.28. The van der Waals surface area contributed by atoms with E-state index in [1.165, 1.54) is 5.56 Å². The van der Waals surface area contributed by atoms with E-state index in [0.717, 1.165) is 17.0 Å². The minimum atomic E-state index is -0.124. The highest BCUT2D eigenvalue weighted by molar-refractivity contribution is 7.98. The van der Waals surface area contributed by atoms with E-state index >= 15 is 0 Å². The zero-order chi connectivity index (χ0) is 14.7. The fourth-order valence-corrected chi connectivity index (χ4v) is 2.70. The highest BCUT2D eigenvalue weighted by Gasteiger charge is 2.15. The van der Waals surface area contributed by atoms with E-state index < -0.39 is 0 Å². The summed E-state index contributed by atoms with van der Waals surface area (Å²) in [6.45, 7) is 4.08. The lowest BCUT2D eigenvalue weighted by atomic mass is 10.1. The molecule has 0 saturated carbocycles. The minimum absolute atomic E-state index is 0.124. The number of carbonyl (C=O) groups is 1. The second kappa shape index (κ2) is 6.13. The van der Waals surface area contributed by atoms with Crippen molar-refractivity contribution in [2.45, 2.75) is 25.2 Å². The normalized spacial score (nSPS) is 10.6. The lowest BCUT2D eigenvalue weighted by molar-refractivity contribution is 0.102. The Morgan fingerprint density at radius 3 is 2.55 bits per heavy atom. The average Bonchev–Trinajstić information content (AvgIpc) is 2.73. The third-order valence-corrected chi connectivity index (χ3v) is 4.24. The Morgan fingerprint density at radius 2 is 2.00 bits per heavy atom. The summed E-state index contributed by atoms with van der Waals surface area (Å²) in [6.07, 6.45) is 2.95. The molecule has 2 rings (SSSR count). The van der Waals surface area contributed by atoms with Gasteiger partial charge in [0.25, 0.3) is 5.91 Å². The molecule has 1 aromatic carbocycles. The second-order valence-electron chi connectivity index (χ2n) is 4.60. The van der Waals surface area contributed by atoms with Crippen molar-refractivity contribution in [3.05, 3.63) is 41.1 Å².